The smallest absolute Gasteiger partial charge is 0.0411 e. The molecular formula is C20H19BrN2S. The van der Waals surface area contributed by atoms with E-state index in [1.165, 1.54) is 21.6 Å². The van der Waals surface area contributed by atoms with E-state index in [1.807, 2.05) is 24.2 Å². The van der Waals surface area contributed by atoms with Gasteiger partial charge in [-0.2, -0.15) is 0 Å². The third-order valence-corrected chi connectivity index (χ3v) is 5.83. The minimum atomic E-state index is 0.820. The molecule has 0 spiro atoms. The number of benzene rings is 2. The first-order valence-corrected chi connectivity index (χ1v) is 9.60. The Morgan fingerprint density at radius 3 is 2.62 bits per heavy atom. The van der Waals surface area contributed by atoms with Crippen LogP contribution in [-0.4, -0.2) is 4.98 Å². The fraction of sp³-hybridized carbons (Fsp3) is 0.150. The van der Waals surface area contributed by atoms with E-state index in [9.17, 15) is 0 Å². The van der Waals surface area contributed by atoms with Gasteiger partial charge in [0.2, 0.25) is 0 Å². The van der Waals surface area contributed by atoms with Crippen LogP contribution in [-0.2, 0) is 12.3 Å². The number of pyridine rings is 1. The molecule has 0 aliphatic carbocycles. The van der Waals surface area contributed by atoms with Crippen molar-refractivity contribution in [1.82, 2.24) is 4.98 Å². The van der Waals surface area contributed by atoms with Crippen LogP contribution in [0.1, 0.15) is 16.7 Å². The molecule has 0 aliphatic heterocycles. The molecule has 0 unspecified atom stereocenters. The monoisotopic (exact) mass is 398 g/mol. The molecule has 1 heterocycles. The number of anilines is 1. The third kappa shape index (κ3) is 4.62. The molecule has 3 rings (SSSR count). The van der Waals surface area contributed by atoms with Crippen molar-refractivity contribution in [3.8, 4) is 0 Å². The summed E-state index contributed by atoms with van der Waals surface area (Å²) in [5.74, 6) is 0.955. The lowest BCUT2D eigenvalue weighted by Gasteiger charge is -2.12. The van der Waals surface area contributed by atoms with Gasteiger partial charge in [0.05, 0.1) is 0 Å². The number of rotatable bonds is 6. The number of thioether (sulfide) groups is 1. The number of aromatic nitrogens is 1. The third-order valence-electron chi connectivity index (χ3n) is 3.76. The maximum absolute atomic E-state index is 4.07. The maximum Gasteiger partial charge on any atom is 0.0411 e. The molecule has 3 aromatic rings. The van der Waals surface area contributed by atoms with Crippen molar-refractivity contribution in [3.63, 3.8) is 0 Å². The highest BCUT2D eigenvalue weighted by atomic mass is 79.9. The summed E-state index contributed by atoms with van der Waals surface area (Å²) in [7, 11) is 0. The largest absolute Gasteiger partial charge is 0.381 e. The van der Waals surface area contributed by atoms with E-state index in [2.05, 4.69) is 87.8 Å². The van der Waals surface area contributed by atoms with Gasteiger partial charge in [-0.05, 0) is 60.0 Å². The van der Waals surface area contributed by atoms with Crippen LogP contribution in [0, 0.1) is 6.92 Å². The zero-order valence-electron chi connectivity index (χ0n) is 13.5. The zero-order valence-corrected chi connectivity index (χ0v) is 15.9. The Balaban J connectivity index is 1.66. The molecule has 0 aliphatic rings. The van der Waals surface area contributed by atoms with Gasteiger partial charge < -0.3 is 5.32 Å². The lowest BCUT2D eigenvalue weighted by atomic mass is 10.2. The van der Waals surface area contributed by atoms with Gasteiger partial charge in [0.15, 0.2) is 0 Å². The molecule has 1 aromatic heterocycles. The van der Waals surface area contributed by atoms with Crippen molar-refractivity contribution in [3.05, 3.63) is 88.2 Å². The summed E-state index contributed by atoms with van der Waals surface area (Å²) in [6.07, 6.45) is 3.69. The van der Waals surface area contributed by atoms with Gasteiger partial charge in [-0.3, -0.25) is 4.98 Å². The van der Waals surface area contributed by atoms with Crippen LogP contribution in [0.15, 0.2) is 76.4 Å². The van der Waals surface area contributed by atoms with E-state index in [1.54, 1.807) is 0 Å². The molecule has 2 nitrogen and oxygen atoms in total. The molecule has 0 bridgehead atoms. The minimum absolute atomic E-state index is 0.820. The Kier molecular flexibility index (Phi) is 5.94. The Bertz CT molecular complexity index is 806. The average molecular weight is 399 g/mol. The molecule has 0 saturated heterocycles. The quantitative estimate of drug-likeness (QED) is 0.510. The molecule has 4 heteroatoms. The molecule has 122 valence electrons. The second-order valence-corrected chi connectivity index (χ2v) is 7.44. The molecule has 1 N–H and O–H groups in total. The van der Waals surface area contributed by atoms with Gasteiger partial charge in [-0.15, -0.1) is 11.8 Å². The number of halogens is 1. The van der Waals surface area contributed by atoms with E-state index < -0.39 is 0 Å². The van der Waals surface area contributed by atoms with Crippen LogP contribution in [0.2, 0.25) is 0 Å². The van der Waals surface area contributed by atoms with Gasteiger partial charge in [0.25, 0.3) is 0 Å². The van der Waals surface area contributed by atoms with Gasteiger partial charge in [-0.1, -0.05) is 34.1 Å². The summed E-state index contributed by atoms with van der Waals surface area (Å²) in [6.45, 7) is 2.92. The number of nitrogens with zero attached hydrogens (tertiary/aromatic N) is 1. The number of nitrogens with one attached hydrogen (secondary N) is 1. The average Bonchev–Trinajstić information content (AvgIpc) is 2.62. The van der Waals surface area contributed by atoms with Crippen molar-refractivity contribution in [2.75, 3.05) is 5.32 Å². The van der Waals surface area contributed by atoms with Gasteiger partial charge in [0.1, 0.15) is 0 Å². The maximum atomic E-state index is 4.07. The highest BCUT2D eigenvalue weighted by molar-refractivity contribution is 9.10. The Morgan fingerprint density at radius 2 is 1.83 bits per heavy atom. The lowest BCUT2D eigenvalue weighted by Crippen LogP contribution is -2.01. The predicted molar refractivity (Wildman–Crippen MR) is 106 cm³/mol. The number of hydrogen-bond acceptors (Lipinski definition) is 3. The predicted octanol–water partition coefficient (Wildman–Crippen LogP) is 6.06. The summed E-state index contributed by atoms with van der Waals surface area (Å²) in [4.78, 5) is 5.39. The highest BCUT2D eigenvalue weighted by Crippen LogP contribution is 2.27. The van der Waals surface area contributed by atoms with Gasteiger partial charge >= 0.3 is 0 Å². The fourth-order valence-electron chi connectivity index (χ4n) is 2.38. The molecule has 0 radical (unpaired) electrons. The first kappa shape index (κ1) is 17.1. The van der Waals surface area contributed by atoms with Crippen LogP contribution >= 0.6 is 27.7 Å². The minimum Gasteiger partial charge on any atom is -0.381 e. The Hall–Kier alpha value is -1.78. The van der Waals surface area contributed by atoms with Crippen molar-refractivity contribution in [1.29, 1.82) is 0 Å². The summed E-state index contributed by atoms with van der Waals surface area (Å²) < 4.78 is 1.14. The normalized spacial score (nSPS) is 10.6. The number of aryl methyl sites for hydroxylation is 1. The van der Waals surface area contributed by atoms with Crippen molar-refractivity contribution in [2.24, 2.45) is 0 Å². The topological polar surface area (TPSA) is 24.9 Å². The molecule has 0 fully saturated rings. The fourth-order valence-corrected chi connectivity index (χ4v) is 3.64. The Morgan fingerprint density at radius 1 is 1.04 bits per heavy atom. The number of hydrogen-bond donors (Lipinski definition) is 1. The van der Waals surface area contributed by atoms with Crippen LogP contribution in [0.3, 0.4) is 0 Å². The first-order chi connectivity index (χ1) is 11.7. The van der Waals surface area contributed by atoms with Crippen molar-refractivity contribution < 1.29 is 0 Å². The van der Waals surface area contributed by atoms with E-state index in [-0.39, 0.29) is 0 Å². The van der Waals surface area contributed by atoms with Crippen LogP contribution in [0.5, 0.6) is 0 Å². The zero-order chi connectivity index (χ0) is 16.8. The van der Waals surface area contributed by atoms with E-state index >= 15 is 0 Å². The highest BCUT2D eigenvalue weighted by Gasteiger charge is 2.04. The molecule has 24 heavy (non-hydrogen) atoms. The van der Waals surface area contributed by atoms with Crippen LogP contribution < -0.4 is 5.32 Å². The molecule has 2 aromatic carbocycles. The lowest BCUT2D eigenvalue weighted by molar-refractivity contribution is 1.09. The molecule has 0 atom stereocenters. The molecular weight excluding hydrogens is 380 g/mol. The summed E-state index contributed by atoms with van der Waals surface area (Å²) in [6, 6.07) is 19.1. The molecule has 0 saturated carbocycles. The standard InChI is InChI=1S/C20H19BrN2S/c1-15-12-18(6-7-19(15)21)23-13-17-4-2-3-5-20(17)24-14-16-8-10-22-11-9-16/h2-12,23H,13-14H2,1H3. The van der Waals surface area contributed by atoms with Crippen LogP contribution in [0.4, 0.5) is 5.69 Å². The summed E-state index contributed by atoms with van der Waals surface area (Å²) in [5, 5.41) is 3.52. The Labute approximate surface area is 155 Å². The van der Waals surface area contributed by atoms with E-state index in [0.29, 0.717) is 0 Å². The summed E-state index contributed by atoms with van der Waals surface area (Å²) in [5.41, 5.74) is 4.99. The second kappa shape index (κ2) is 8.36. The van der Waals surface area contributed by atoms with E-state index in [4.69, 9.17) is 0 Å². The van der Waals surface area contributed by atoms with E-state index in [0.717, 1.165) is 22.5 Å². The van der Waals surface area contributed by atoms with Crippen molar-refractivity contribution in [2.45, 2.75) is 24.1 Å². The summed E-state index contributed by atoms with van der Waals surface area (Å²) >= 11 is 5.41. The first-order valence-electron chi connectivity index (χ1n) is 7.82. The molecule has 0 amide bonds. The SMILES string of the molecule is Cc1cc(NCc2ccccc2SCc2ccncc2)ccc1Br. The van der Waals surface area contributed by atoms with Gasteiger partial charge in [0, 0.05) is 39.7 Å². The van der Waals surface area contributed by atoms with Crippen LogP contribution in [0.25, 0.3) is 0 Å². The van der Waals surface area contributed by atoms with Gasteiger partial charge in [-0.25, -0.2) is 0 Å². The second-order valence-electron chi connectivity index (χ2n) is 5.57. The van der Waals surface area contributed by atoms with Crippen molar-refractivity contribution >= 4 is 33.4 Å².